The average molecular weight is 353 g/mol. The second-order valence-corrected chi connectivity index (χ2v) is 6.63. The van der Waals surface area contributed by atoms with Crippen molar-refractivity contribution in [1.29, 1.82) is 0 Å². The molecule has 0 atom stereocenters. The van der Waals surface area contributed by atoms with E-state index in [0.29, 0.717) is 12.2 Å². The van der Waals surface area contributed by atoms with Crippen molar-refractivity contribution in [2.75, 3.05) is 25.0 Å². The van der Waals surface area contributed by atoms with Crippen LogP contribution >= 0.6 is 0 Å². The van der Waals surface area contributed by atoms with Crippen LogP contribution in [-0.4, -0.2) is 35.4 Å². The highest BCUT2D eigenvalue weighted by molar-refractivity contribution is 5.92. The Hall–Kier alpha value is -2.73. The zero-order valence-electron chi connectivity index (χ0n) is 14.3. The Balaban J connectivity index is 1.31. The van der Waals surface area contributed by atoms with Gasteiger partial charge in [-0.25, -0.2) is 9.37 Å². The molecule has 1 N–H and O–H groups in total. The zero-order valence-corrected chi connectivity index (χ0v) is 14.3. The Morgan fingerprint density at radius 3 is 2.77 bits per heavy atom. The monoisotopic (exact) mass is 353 g/mol. The van der Waals surface area contributed by atoms with E-state index in [0.717, 1.165) is 42.9 Å². The largest absolute Gasteiger partial charge is 0.440 e. The summed E-state index contributed by atoms with van der Waals surface area (Å²) in [5.74, 6) is 0.581. The molecule has 1 amide bonds. The zero-order chi connectivity index (χ0) is 17.9. The summed E-state index contributed by atoms with van der Waals surface area (Å²) in [6.07, 6.45) is 1.81. The van der Waals surface area contributed by atoms with Gasteiger partial charge in [-0.1, -0.05) is 18.2 Å². The summed E-state index contributed by atoms with van der Waals surface area (Å²) in [5.41, 5.74) is 2.19. The van der Waals surface area contributed by atoms with Crippen molar-refractivity contribution < 1.29 is 13.6 Å². The van der Waals surface area contributed by atoms with Crippen LogP contribution in [0.15, 0.2) is 52.9 Å². The first kappa shape index (κ1) is 16.7. The number of rotatable bonds is 4. The molecule has 134 valence electrons. The summed E-state index contributed by atoms with van der Waals surface area (Å²) in [7, 11) is 0. The minimum absolute atomic E-state index is 0.129. The third kappa shape index (κ3) is 3.75. The molecule has 3 aromatic rings. The van der Waals surface area contributed by atoms with Gasteiger partial charge in [-0.3, -0.25) is 9.69 Å². The molecule has 0 bridgehead atoms. The Kier molecular flexibility index (Phi) is 4.67. The fraction of sp³-hybridized carbons (Fsp3) is 0.300. The number of aromatic nitrogens is 1. The lowest BCUT2D eigenvalue weighted by Gasteiger charge is -2.29. The average Bonchev–Trinajstić information content (AvgIpc) is 3.06. The van der Waals surface area contributed by atoms with Gasteiger partial charge in [0.25, 0.3) is 0 Å². The van der Waals surface area contributed by atoms with Gasteiger partial charge >= 0.3 is 0 Å². The quantitative estimate of drug-likeness (QED) is 0.775. The van der Waals surface area contributed by atoms with E-state index < -0.39 is 0 Å². The lowest BCUT2D eigenvalue weighted by atomic mass is 9.97. The number of carbonyl (C=O) groups excluding carboxylic acids is 1. The van der Waals surface area contributed by atoms with E-state index in [1.54, 1.807) is 12.1 Å². The summed E-state index contributed by atoms with van der Waals surface area (Å²) in [6.45, 7) is 1.91. The number of likely N-dealkylation sites (tertiary alicyclic amines) is 1. The van der Waals surface area contributed by atoms with E-state index in [1.807, 2.05) is 24.3 Å². The Bertz CT molecular complexity index is 883. The van der Waals surface area contributed by atoms with E-state index in [1.165, 1.54) is 12.1 Å². The lowest BCUT2D eigenvalue weighted by Crippen LogP contribution is -2.38. The first-order valence-corrected chi connectivity index (χ1v) is 8.80. The molecule has 1 aliphatic heterocycles. The number of piperidine rings is 1. The summed E-state index contributed by atoms with van der Waals surface area (Å²) in [4.78, 5) is 18.8. The molecule has 0 saturated carbocycles. The van der Waals surface area contributed by atoms with Crippen molar-refractivity contribution in [3.8, 4) is 0 Å². The smallest absolute Gasteiger partial charge is 0.238 e. The second kappa shape index (κ2) is 7.25. The summed E-state index contributed by atoms with van der Waals surface area (Å²) in [5, 5.41) is 2.74. The topological polar surface area (TPSA) is 58.4 Å². The van der Waals surface area contributed by atoms with Crippen LogP contribution in [0.5, 0.6) is 0 Å². The molecular formula is C20H20FN3O2. The van der Waals surface area contributed by atoms with Crippen LogP contribution in [0.1, 0.15) is 24.7 Å². The van der Waals surface area contributed by atoms with Crippen molar-refractivity contribution in [2.45, 2.75) is 18.8 Å². The summed E-state index contributed by atoms with van der Waals surface area (Å²) >= 11 is 0. The van der Waals surface area contributed by atoms with E-state index in [-0.39, 0.29) is 17.6 Å². The number of nitrogens with one attached hydrogen (secondary N) is 1. The molecule has 5 nitrogen and oxygen atoms in total. The number of amides is 1. The van der Waals surface area contributed by atoms with Gasteiger partial charge in [0.05, 0.1) is 6.54 Å². The van der Waals surface area contributed by atoms with Crippen LogP contribution in [0.3, 0.4) is 0 Å². The van der Waals surface area contributed by atoms with Crippen molar-refractivity contribution in [3.05, 3.63) is 60.2 Å². The number of fused-ring (bicyclic) bond motifs is 1. The van der Waals surface area contributed by atoms with Gasteiger partial charge < -0.3 is 9.73 Å². The van der Waals surface area contributed by atoms with Crippen LogP contribution in [0.25, 0.3) is 11.1 Å². The maximum Gasteiger partial charge on any atom is 0.238 e. The van der Waals surface area contributed by atoms with E-state index in [9.17, 15) is 9.18 Å². The summed E-state index contributed by atoms with van der Waals surface area (Å²) < 4.78 is 19.1. The van der Waals surface area contributed by atoms with Gasteiger partial charge in [0, 0.05) is 11.6 Å². The van der Waals surface area contributed by atoms with Crippen LogP contribution in [0.2, 0.25) is 0 Å². The van der Waals surface area contributed by atoms with Gasteiger partial charge in [0.2, 0.25) is 5.91 Å². The Labute approximate surface area is 150 Å². The van der Waals surface area contributed by atoms with Gasteiger partial charge in [-0.15, -0.1) is 0 Å². The molecule has 2 heterocycles. The van der Waals surface area contributed by atoms with Crippen LogP contribution in [-0.2, 0) is 4.79 Å². The fourth-order valence-electron chi connectivity index (χ4n) is 3.37. The van der Waals surface area contributed by atoms with Gasteiger partial charge in [-0.2, -0.15) is 0 Å². The highest BCUT2D eigenvalue weighted by Gasteiger charge is 2.25. The summed E-state index contributed by atoms with van der Waals surface area (Å²) in [6, 6.07) is 13.7. The molecule has 1 aliphatic rings. The Morgan fingerprint density at radius 1 is 1.19 bits per heavy atom. The molecule has 1 saturated heterocycles. The van der Waals surface area contributed by atoms with Crippen molar-refractivity contribution in [3.63, 3.8) is 0 Å². The van der Waals surface area contributed by atoms with E-state index in [4.69, 9.17) is 4.42 Å². The third-order valence-corrected chi connectivity index (χ3v) is 4.72. The van der Waals surface area contributed by atoms with Crippen LogP contribution in [0, 0.1) is 5.82 Å². The standard InChI is InChI=1S/C20H20FN3O2/c21-15-4-3-5-16(12-15)22-19(25)13-24-10-8-14(9-11-24)20-23-17-6-1-2-7-18(17)26-20/h1-7,12,14H,8-11,13H2,(H,22,25). The van der Waals surface area contributed by atoms with E-state index in [2.05, 4.69) is 15.2 Å². The highest BCUT2D eigenvalue weighted by Crippen LogP contribution is 2.29. The minimum Gasteiger partial charge on any atom is -0.440 e. The second-order valence-electron chi connectivity index (χ2n) is 6.63. The number of para-hydroxylation sites is 2. The number of hydrogen-bond acceptors (Lipinski definition) is 4. The van der Waals surface area contributed by atoms with Gasteiger partial charge in [-0.05, 0) is 56.3 Å². The van der Waals surface area contributed by atoms with Crippen LogP contribution in [0.4, 0.5) is 10.1 Å². The SMILES string of the molecule is O=C(CN1CCC(c2nc3ccccc3o2)CC1)Nc1cccc(F)c1. The molecule has 6 heteroatoms. The molecule has 0 spiro atoms. The highest BCUT2D eigenvalue weighted by atomic mass is 19.1. The maximum absolute atomic E-state index is 13.2. The van der Waals surface area contributed by atoms with Gasteiger partial charge in [0.1, 0.15) is 11.3 Å². The van der Waals surface area contributed by atoms with Gasteiger partial charge in [0.15, 0.2) is 11.5 Å². The molecular weight excluding hydrogens is 333 g/mol. The first-order chi connectivity index (χ1) is 12.7. The lowest BCUT2D eigenvalue weighted by molar-refractivity contribution is -0.117. The third-order valence-electron chi connectivity index (χ3n) is 4.72. The minimum atomic E-state index is -0.359. The normalized spacial score (nSPS) is 16.0. The molecule has 0 aliphatic carbocycles. The molecule has 26 heavy (non-hydrogen) atoms. The van der Waals surface area contributed by atoms with Crippen LogP contribution < -0.4 is 5.32 Å². The predicted molar refractivity (Wildman–Crippen MR) is 97.5 cm³/mol. The van der Waals surface area contributed by atoms with Crippen molar-refractivity contribution >= 4 is 22.7 Å². The molecule has 1 fully saturated rings. The fourth-order valence-corrected chi connectivity index (χ4v) is 3.37. The number of oxazole rings is 1. The molecule has 1 aromatic heterocycles. The van der Waals surface area contributed by atoms with E-state index >= 15 is 0 Å². The molecule has 0 radical (unpaired) electrons. The maximum atomic E-state index is 13.2. The number of carbonyl (C=O) groups is 1. The molecule has 0 unspecified atom stereocenters. The number of anilines is 1. The van der Waals surface area contributed by atoms with Crippen molar-refractivity contribution in [2.24, 2.45) is 0 Å². The number of halogens is 1. The molecule has 4 rings (SSSR count). The first-order valence-electron chi connectivity index (χ1n) is 8.80. The Morgan fingerprint density at radius 2 is 2.00 bits per heavy atom. The number of nitrogens with zero attached hydrogens (tertiary/aromatic N) is 2. The van der Waals surface area contributed by atoms with Crippen molar-refractivity contribution in [1.82, 2.24) is 9.88 Å². The predicted octanol–water partition coefficient (Wildman–Crippen LogP) is 3.79. The molecule has 2 aromatic carbocycles. The number of benzene rings is 2. The number of hydrogen-bond donors (Lipinski definition) is 1.